The average molecular weight is 371 g/mol. The minimum absolute atomic E-state index is 0.131. The second-order valence-electron chi connectivity index (χ2n) is 6.54. The second-order valence-corrected chi connectivity index (χ2v) is 6.54. The van der Waals surface area contributed by atoms with Crippen LogP contribution in [-0.2, 0) is 0 Å². The van der Waals surface area contributed by atoms with Crippen LogP contribution in [0.15, 0.2) is 35.1 Å². The van der Waals surface area contributed by atoms with Crippen LogP contribution >= 0.6 is 0 Å². The van der Waals surface area contributed by atoms with E-state index in [9.17, 15) is 19.7 Å². The van der Waals surface area contributed by atoms with E-state index in [0.29, 0.717) is 18.8 Å². The van der Waals surface area contributed by atoms with Gasteiger partial charge in [-0.25, -0.2) is 4.68 Å². The predicted octanol–water partition coefficient (Wildman–Crippen LogP) is 1.40. The number of nitrogens with two attached hydrogens (primary N) is 1. The Labute approximate surface area is 155 Å². The molecule has 2 aromatic rings. The molecule has 142 valence electrons. The number of para-hydroxylation sites is 2. The Morgan fingerprint density at radius 2 is 2.11 bits per heavy atom. The minimum atomic E-state index is -0.523. The van der Waals surface area contributed by atoms with E-state index in [4.69, 9.17) is 5.73 Å². The average Bonchev–Trinajstić information content (AvgIpc) is 2.67. The molecule has 1 aromatic carbocycles. The van der Waals surface area contributed by atoms with Crippen LogP contribution in [-0.4, -0.2) is 44.6 Å². The fourth-order valence-corrected chi connectivity index (χ4v) is 3.39. The quantitative estimate of drug-likeness (QED) is 0.640. The molecular weight excluding hydrogens is 350 g/mol. The Bertz CT molecular complexity index is 940. The summed E-state index contributed by atoms with van der Waals surface area (Å²) in [7, 11) is 0. The van der Waals surface area contributed by atoms with Gasteiger partial charge in [0, 0.05) is 37.0 Å². The van der Waals surface area contributed by atoms with Crippen molar-refractivity contribution < 1.29 is 9.72 Å². The first-order valence-corrected chi connectivity index (χ1v) is 8.80. The van der Waals surface area contributed by atoms with Gasteiger partial charge in [0.25, 0.3) is 11.6 Å². The van der Waals surface area contributed by atoms with Gasteiger partial charge in [0.1, 0.15) is 5.69 Å². The maximum Gasteiger partial charge on any atom is 0.294 e. The molecule has 1 aliphatic heterocycles. The monoisotopic (exact) mass is 371 g/mol. The summed E-state index contributed by atoms with van der Waals surface area (Å²) < 4.78 is 1.27. The van der Waals surface area contributed by atoms with Crippen LogP contribution in [0.25, 0.3) is 5.69 Å². The molecule has 1 unspecified atom stereocenters. The number of carbonyl (C=O) groups excluding carboxylic acids is 1. The Morgan fingerprint density at radius 1 is 1.37 bits per heavy atom. The Kier molecular flexibility index (Phi) is 5.31. The van der Waals surface area contributed by atoms with Crippen molar-refractivity contribution in [2.75, 3.05) is 13.1 Å². The lowest BCUT2D eigenvalue weighted by molar-refractivity contribution is -0.384. The van der Waals surface area contributed by atoms with E-state index in [1.165, 1.54) is 22.9 Å². The van der Waals surface area contributed by atoms with Crippen molar-refractivity contribution in [3.05, 3.63) is 62.1 Å². The standard InChI is InChI=1S/C18H21N5O4/c1-12-10-16(24)17(18(25)21-9-5-4-6-13(21)11-19)20-22(12)14-7-2-3-8-15(14)23(26)27/h2-3,7-8,10,13H,4-6,9,11,19H2,1H3. The number of rotatable bonds is 4. The lowest BCUT2D eigenvalue weighted by Crippen LogP contribution is -2.49. The lowest BCUT2D eigenvalue weighted by Gasteiger charge is -2.34. The van der Waals surface area contributed by atoms with Crippen LogP contribution in [0.3, 0.4) is 0 Å². The van der Waals surface area contributed by atoms with Crippen molar-refractivity contribution in [3.8, 4) is 5.69 Å². The first-order chi connectivity index (χ1) is 12.9. The predicted molar refractivity (Wildman–Crippen MR) is 99.0 cm³/mol. The molecule has 0 saturated carbocycles. The van der Waals surface area contributed by atoms with Crippen LogP contribution in [0.5, 0.6) is 0 Å². The van der Waals surface area contributed by atoms with Gasteiger partial charge in [0.2, 0.25) is 5.43 Å². The van der Waals surface area contributed by atoms with Crippen molar-refractivity contribution >= 4 is 11.6 Å². The number of benzene rings is 1. The fraction of sp³-hybridized carbons (Fsp3) is 0.389. The van der Waals surface area contributed by atoms with Gasteiger partial charge in [-0.1, -0.05) is 12.1 Å². The van der Waals surface area contributed by atoms with Crippen LogP contribution in [0.2, 0.25) is 0 Å². The number of hydrogen-bond donors (Lipinski definition) is 1. The van der Waals surface area contributed by atoms with Crippen LogP contribution in [0, 0.1) is 17.0 Å². The van der Waals surface area contributed by atoms with Crippen molar-refractivity contribution in [3.63, 3.8) is 0 Å². The topological polar surface area (TPSA) is 124 Å². The number of piperidine rings is 1. The lowest BCUT2D eigenvalue weighted by atomic mass is 10.0. The molecule has 2 N–H and O–H groups in total. The molecule has 0 radical (unpaired) electrons. The van der Waals surface area contributed by atoms with Gasteiger partial charge in [0.15, 0.2) is 5.69 Å². The number of hydrogen-bond acceptors (Lipinski definition) is 6. The number of nitro groups is 1. The van der Waals surface area contributed by atoms with Gasteiger partial charge >= 0.3 is 0 Å². The summed E-state index contributed by atoms with van der Waals surface area (Å²) in [6.45, 7) is 2.44. The zero-order chi connectivity index (χ0) is 19.6. The van der Waals surface area contributed by atoms with Crippen LogP contribution in [0.1, 0.15) is 35.4 Å². The maximum absolute atomic E-state index is 13.0. The van der Waals surface area contributed by atoms with E-state index in [-0.39, 0.29) is 23.1 Å². The number of nitro benzene ring substituents is 1. The molecule has 1 saturated heterocycles. The third kappa shape index (κ3) is 3.59. The molecule has 9 nitrogen and oxygen atoms in total. The normalized spacial score (nSPS) is 17.0. The molecule has 0 bridgehead atoms. The molecule has 1 aliphatic rings. The summed E-state index contributed by atoms with van der Waals surface area (Å²) >= 11 is 0. The molecule has 2 heterocycles. The third-order valence-electron chi connectivity index (χ3n) is 4.78. The number of aryl methyl sites for hydroxylation is 1. The summed E-state index contributed by atoms with van der Waals surface area (Å²) in [5, 5.41) is 15.5. The highest BCUT2D eigenvalue weighted by Crippen LogP contribution is 2.23. The maximum atomic E-state index is 13.0. The highest BCUT2D eigenvalue weighted by atomic mass is 16.6. The third-order valence-corrected chi connectivity index (χ3v) is 4.78. The minimum Gasteiger partial charge on any atom is -0.333 e. The first kappa shape index (κ1) is 18.7. The zero-order valence-electron chi connectivity index (χ0n) is 15.0. The van der Waals surface area contributed by atoms with Gasteiger partial charge in [-0.2, -0.15) is 5.10 Å². The number of nitrogens with zero attached hydrogens (tertiary/aromatic N) is 4. The first-order valence-electron chi connectivity index (χ1n) is 8.80. The molecule has 0 aliphatic carbocycles. The van der Waals surface area contributed by atoms with E-state index < -0.39 is 16.3 Å². The van der Waals surface area contributed by atoms with E-state index in [0.717, 1.165) is 19.3 Å². The van der Waals surface area contributed by atoms with Gasteiger partial charge in [-0.05, 0) is 32.3 Å². The van der Waals surface area contributed by atoms with Crippen molar-refractivity contribution in [1.82, 2.24) is 14.7 Å². The summed E-state index contributed by atoms with van der Waals surface area (Å²) in [6.07, 6.45) is 2.60. The molecule has 0 spiro atoms. The van der Waals surface area contributed by atoms with Crippen molar-refractivity contribution in [1.29, 1.82) is 0 Å². The summed E-state index contributed by atoms with van der Waals surface area (Å²) in [5.74, 6) is -0.484. The number of aromatic nitrogens is 2. The highest BCUT2D eigenvalue weighted by molar-refractivity contribution is 5.92. The molecule has 1 amide bonds. The summed E-state index contributed by atoms with van der Waals surface area (Å²) in [6, 6.07) is 7.21. The smallest absolute Gasteiger partial charge is 0.294 e. The van der Waals surface area contributed by atoms with Gasteiger partial charge < -0.3 is 10.6 Å². The van der Waals surface area contributed by atoms with E-state index in [1.807, 2.05) is 0 Å². The largest absolute Gasteiger partial charge is 0.333 e. The Balaban J connectivity index is 2.09. The van der Waals surface area contributed by atoms with Crippen LogP contribution in [0.4, 0.5) is 5.69 Å². The molecule has 9 heteroatoms. The number of amides is 1. The summed E-state index contributed by atoms with van der Waals surface area (Å²) in [4.78, 5) is 37.8. The Hall–Kier alpha value is -3.07. The fourth-order valence-electron chi connectivity index (χ4n) is 3.39. The van der Waals surface area contributed by atoms with Gasteiger partial charge in [-0.15, -0.1) is 0 Å². The molecular formula is C18H21N5O4. The van der Waals surface area contributed by atoms with E-state index in [1.54, 1.807) is 24.0 Å². The molecule has 1 atom stereocenters. The van der Waals surface area contributed by atoms with Crippen molar-refractivity contribution in [2.24, 2.45) is 5.73 Å². The van der Waals surface area contributed by atoms with Gasteiger partial charge in [0.05, 0.1) is 4.92 Å². The number of carbonyl (C=O) groups is 1. The number of likely N-dealkylation sites (tertiary alicyclic amines) is 1. The summed E-state index contributed by atoms with van der Waals surface area (Å²) in [5.41, 5.74) is 5.46. The zero-order valence-corrected chi connectivity index (χ0v) is 15.0. The SMILES string of the molecule is Cc1cc(=O)c(C(=O)N2CCCCC2CN)nn1-c1ccccc1[N+](=O)[O-]. The molecule has 1 aromatic heterocycles. The Morgan fingerprint density at radius 3 is 2.81 bits per heavy atom. The van der Waals surface area contributed by atoms with E-state index >= 15 is 0 Å². The molecule has 1 fully saturated rings. The van der Waals surface area contributed by atoms with Crippen molar-refractivity contribution in [2.45, 2.75) is 32.2 Å². The van der Waals surface area contributed by atoms with Crippen LogP contribution < -0.4 is 11.2 Å². The van der Waals surface area contributed by atoms with E-state index in [2.05, 4.69) is 5.10 Å². The molecule has 3 rings (SSSR count). The molecule has 27 heavy (non-hydrogen) atoms. The second kappa shape index (κ2) is 7.67. The highest BCUT2D eigenvalue weighted by Gasteiger charge is 2.29. The van der Waals surface area contributed by atoms with Gasteiger partial charge in [-0.3, -0.25) is 19.7 Å².